The number of amides is 1. The molecule has 6 nitrogen and oxygen atoms in total. The largest absolute Gasteiger partial charge is 0.484 e. The topological polar surface area (TPSA) is 75.7 Å². The molecule has 5 rings (SSSR count). The molecule has 0 bridgehead atoms. The zero-order valence-electron chi connectivity index (χ0n) is 24.3. The molecule has 2 aromatic rings. The summed E-state index contributed by atoms with van der Waals surface area (Å²) in [4.78, 5) is 42.5. The maximum atomic E-state index is 13.9. The van der Waals surface area contributed by atoms with Crippen molar-refractivity contribution in [3.63, 3.8) is 0 Å². The average Bonchev–Trinajstić information content (AvgIpc) is 2.88. The number of carbonyl (C=O) groups excluding carboxylic acids is 3. The third kappa shape index (κ3) is 5.63. The lowest BCUT2D eigenvalue weighted by molar-refractivity contribution is -0.120. The summed E-state index contributed by atoms with van der Waals surface area (Å²) in [5.41, 5.74) is 4.96. The minimum absolute atomic E-state index is 0.120. The number of para-hydroxylation sites is 1. The van der Waals surface area contributed by atoms with Crippen LogP contribution < -0.4 is 10.1 Å². The standard InChI is InChI=1S/C34H40N2O4/c1-6-15-36-25-17-33(2,3)19-27(37)31(25)30(32-26(36)18-34(4,5)20-28(32)38)22-11-10-14-24(16-22)40-21-29(39)35-23-12-8-7-9-13-23/h7-14,16,30H,6,15,17-21H2,1-5H3,(H,35,39). The number of rotatable bonds is 7. The second kappa shape index (κ2) is 10.7. The molecule has 0 atom stereocenters. The fraction of sp³-hybridized carbons (Fsp3) is 0.441. The van der Waals surface area contributed by atoms with Crippen LogP contribution in [0.4, 0.5) is 5.69 Å². The number of anilines is 1. The molecule has 1 N–H and O–H groups in total. The molecule has 0 aromatic heterocycles. The predicted molar refractivity (Wildman–Crippen MR) is 157 cm³/mol. The van der Waals surface area contributed by atoms with Crippen molar-refractivity contribution in [2.24, 2.45) is 10.8 Å². The van der Waals surface area contributed by atoms with Gasteiger partial charge in [-0.05, 0) is 59.9 Å². The van der Waals surface area contributed by atoms with Gasteiger partial charge in [-0.15, -0.1) is 0 Å². The lowest BCUT2D eigenvalue weighted by atomic mass is 9.63. The van der Waals surface area contributed by atoms with Crippen LogP contribution >= 0.6 is 0 Å². The normalized spacial score (nSPS) is 20.3. The number of hydrogen-bond acceptors (Lipinski definition) is 5. The van der Waals surface area contributed by atoms with Gasteiger partial charge in [0.25, 0.3) is 5.91 Å². The second-order valence-corrected chi connectivity index (χ2v) is 13.0. The lowest BCUT2D eigenvalue weighted by Gasteiger charge is -2.49. The van der Waals surface area contributed by atoms with Crippen LogP contribution in [-0.2, 0) is 14.4 Å². The van der Waals surface area contributed by atoms with Gasteiger partial charge in [0.1, 0.15) is 5.75 Å². The third-order valence-corrected chi connectivity index (χ3v) is 8.09. The van der Waals surface area contributed by atoms with Crippen LogP contribution in [0.5, 0.6) is 5.75 Å². The van der Waals surface area contributed by atoms with Crippen molar-refractivity contribution in [2.45, 2.75) is 72.6 Å². The zero-order chi connectivity index (χ0) is 28.7. The van der Waals surface area contributed by atoms with Crippen molar-refractivity contribution in [1.29, 1.82) is 0 Å². The second-order valence-electron chi connectivity index (χ2n) is 13.0. The van der Waals surface area contributed by atoms with Crippen molar-refractivity contribution in [1.82, 2.24) is 4.90 Å². The Bertz CT molecular complexity index is 1350. The Kier molecular flexibility index (Phi) is 7.47. The first-order valence-electron chi connectivity index (χ1n) is 14.4. The highest BCUT2D eigenvalue weighted by Crippen LogP contribution is 2.54. The van der Waals surface area contributed by atoms with E-state index in [-0.39, 0.29) is 34.9 Å². The molecule has 0 spiro atoms. The maximum absolute atomic E-state index is 13.9. The van der Waals surface area contributed by atoms with E-state index in [1.54, 1.807) is 0 Å². The SMILES string of the molecule is CCCN1C2=C(C(=O)CC(C)(C)C2)C(c2cccc(OCC(=O)Nc3ccccc3)c2)C2=C1CC(C)(C)CC2=O. The molecule has 2 aliphatic carbocycles. The zero-order valence-corrected chi connectivity index (χ0v) is 24.3. The molecule has 2 aromatic carbocycles. The van der Waals surface area contributed by atoms with Crippen molar-refractivity contribution >= 4 is 23.2 Å². The monoisotopic (exact) mass is 540 g/mol. The quantitative estimate of drug-likeness (QED) is 0.418. The van der Waals surface area contributed by atoms with E-state index in [0.29, 0.717) is 24.3 Å². The van der Waals surface area contributed by atoms with Gasteiger partial charge in [0.05, 0.1) is 0 Å². The first-order valence-corrected chi connectivity index (χ1v) is 14.4. The van der Waals surface area contributed by atoms with E-state index in [9.17, 15) is 14.4 Å². The van der Waals surface area contributed by atoms with Crippen molar-refractivity contribution in [3.8, 4) is 5.75 Å². The Balaban J connectivity index is 1.53. The first kappa shape index (κ1) is 27.9. The summed E-state index contributed by atoms with van der Waals surface area (Å²) in [6.07, 6.45) is 3.44. The van der Waals surface area contributed by atoms with Gasteiger partial charge in [-0.1, -0.05) is 65.0 Å². The molecule has 0 unspecified atom stereocenters. The Morgan fingerprint density at radius 1 is 0.875 bits per heavy atom. The number of ketones is 2. The molecule has 210 valence electrons. The lowest BCUT2D eigenvalue weighted by Crippen LogP contribution is -2.44. The molecule has 40 heavy (non-hydrogen) atoms. The number of allylic oxidation sites excluding steroid dienone is 4. The van der Waals surface area contributed by atoms with E-state index in [1.165, 1.54) is 0 Å². The number of Topliss-reactive ketones (excluding diaryl/α,β-unsaturated/α-hetero) is 2. The summed E-state index contributed by atoms with van der Waals surface area (Å²) in [5.74, 6) is 0.0965. The summed E-state index contributed by atoms with van der Waals surface area (Å²) in [5, 5.41) is 2.83. The van der Waals surface area contributed by atoms with E-state index in [4.69, 9.17) is 4.74 Å². The van der Waals surface area contributed by atoms with Crippen molar-refractivity contribution in [3.05, 3.63) is 82.7 Å². The minimum Gasteiger partial charge on any atom is -0.484 e. The Hall–Kier alpha value is -3.67. The molecular formula is C34H40N2O4. The fourth-order valence-electron chi connectivity index (χ4n) is 6.53. The van der Waals surface area contributed by atoms with Gasteiger partial charge in [0, 0.05) is 53.5 Å². The summed E-state index contributed by atoms with van der Waals surface area (Å²) < 4.78 is 5.90. The van der Waals surface area contributed by atoms with Crippen LogP contribution in [0.1, 0.15) is 78.2 Å². The van der Waals surface area contributed by atoms with Crippen molar-refractivity contribution < 1.29 is 19.1 Å². The average molecular weight is 541 g/mol. The number of benzene rings is 2. The number of ether oxygens (including phenoxy) is 1. The number of carbonyl (C=O) groups is 3. The van der Waals surface area contributed by atoms with Crippen LogP contribution in [0.15, 0.2) is 77.1 Å². The smallest absolute Gasteiger partial charge is 0.262 e. The van der Waals surface area contributed by atoms with Crippen LogP contribution in [-0.4, -0.2) is 35.5 Å². The van der Waals surface area contributed by atoms with Crippen LogP contribution in [0, 0.1) is 10.8 Å². The number of hydrogen-bond donors (Lipinski definition) is 1. The molecular weight excluding hydrogens is 500 g/mol. The van der Waals surface area contributed by atoms with Crippen LogP contribution in [0.25, 0.3) is 0 Å². The summed E-state index contributed by atoms with van der Waals surface area (Å²) >= 11 is 0. The van der Waals surface area contributed by atoms with E-state index >= 15 is 0 Å². The van der Waals surface area contributed by atoms with Gasteiger partial charge < -0.3 is 15.0 Å². The summed E-state index contributed by atoms with van der Waals surface area (Å²) in [6.45, 7) is 11.4. The Morgan fingerprint density at radius 2 is 1.48 bits per heavy atom. The van der Waals surface area contributed by atoms with E-state index < -0.39 is 5.92 Å². The minimum atomic E-state index is -0.424. The molecule has 6 heteroatoms. The van der Waals surface area contributed by atoms with Gasteiger partial charge in [0.2, 0.25) is 0 Å². The number of nitrogens with zero attached hydrogens (tertiary/aromatic N) is 1. The van der Waals surface area contributed by atoms with Crippen molar-refractivity contribution in [2.75, 3.05) is 18.5 Å². The van der Waals surface area contributed by atoms with Gasteiger partial charge in [0.15, 0.2) is 18.2 Å². The highest BCUT2D eigenvalue weighted by atomic mass is 16.5. The fourth-order valence-corrected chi connectivity index (χ4v) is 6.53. The van der Waals surface area contributed by atoms with Gasteiger partial charge >= 0.3 is 0 Å². The molecule has 0 saturated heterocycles. The molecule has 3 aliphatic rings. The molecule has 1 amide bonds. The molecule has 0 saturated carbocycles. The molecule has 1 heterocycles. The summed E-state index contributed by atoms with van der Waals surface area (Å²) in [7, 11) is 0. The van der Waals surface area contributed by atoms with Crippen LogP contribution in [0.2, 0.25) is 0 Å². The highest BCUT2D eigenvalue weighted by molar-refractivity contribution is 6.06. The van der Waals surface area contributed by atoms with Crippen LogP contribution in [0.3, 0.4) is 0 Å². The van der Waals surface area contributed by atoms with Gasteiger partial charge in [-0.2, -0.15) is 0 Å². The van der Waals surface area contributed by atoms with Gasteiger partial charge in [-0.25, -0.2) is 0 Å². The maximum Gasteiger partial charge on any atom is 0.262 e. The molecule has 1 aliphatic heterocycles. The van der Waals surface area contributed by atoms with E-state index in [1.807, 2.05) is 54.6 Å². The molecule has 0 radical (unpaired) electrons. The summed E-state index contributed by atoms with van der Waals surface area (Å²) in [6, 6.07) is 16.8. The van der Waals surface area contributed by atoms with Gasteiger partial charge in [-0.3, -0.25) is 14.4 Å². The predicted octanol–water partition coefficient (Wildman–Crippen LogP) is 6.80. The van der Waals surface area contributed by atoms with E-state index in [0.717, 1.165) is 53.9 Å². The number of nitrogens with one attached hydrogen (secondary N) is 1. The third-order valence-electron chi connectivity index (χ3n) is 8.09. The Labute approximate surface area is 237 Å². The first-order chi connectivity index (χ1) is 19.0. The molecule has 0 fully saturated rings. The highest BCUT2D eigenvalue weighted by Gasteiger charge is 2.48. The van der Waals surface area contributed by atoms with E-state index in [2.05, 4.69) is 44.8 Å². The Morgan fingerprint density at radius 3 is 2.05 bits per heavy atom.